The van der Waals surface area contributed by atoms with Crippen LogP contribution in [0.2, 0.25) is 0 Å². The van der Waals surface area contributed by atoms with Crippen LogP contribution in [0.3, 0.4) is 0 Å². The zero-order valence-electron chi connectivity index (χ0n) is 11.8. The van der Waals surface area contributed by atoms with E-state index in [0.29, 0.717) is 13.1 Å². The summed E-state index contributed by atoms with van der Waals surface area (Å²) in [5, 5.41) is 9.11. The highest BCUT2D eigenvalue weighted by Gasteiger charge is 2.34. The first kappa shape index (κ1) is 15.2. The first-order valence-corrected chi connectivity index (χ1v) is 8.79. The Morgan fingerprint density at radius 2 is 1.68 bits per heavy atom. The second-order valence-corrected chi connectivity index (χ2v) is 7.83. The molecule has 1 N–H and O–H groups in total. The van der Waals surface area contributed by atoms with Crippen molar-refractivity contribution < 1.29 is 13.5 Å². The Morgan fingerprint density at radius 1 is 1.11 bits per heavy atom. The van der Waals surface area contributed by atoms with Gasteiger partial charge in [0, 0.05) is 32.8 Å². The highest BCUT2D eigenvalue weighted by molar-refractivity contribution is 7.86. The standard InChI is InChI=1S/C13H26N2O3S/c1-14(13-5-3-2-4-6-13)19(17,18)15-9-7-12(11-16)8-10-15/h12-13,16H,2-11H2,1H3. The van der Waals surface area contributed by atoms with Crippen LogP contribution < -0.4 is 0 Å². The van der Waals surface area contributed by atoms with Gasteiger partial charge in [0.1, 0.15) is 0 Å². The minimum absolute atomic E-state index is 0.173. The molecule has 0 bridgehead atoms. The van der Waals surface area contributed by atoms with Gasteiger partial charge < -0.3 is 5.11 Å². The Kier molecular flexibility index (Phi) is 5.22. The molecule has 112 valence electrons. The third-order valence-corrected chi connectivity index (χ3v) is 6.65. The van der Waals surface area contributed by atoms with Crippen LogP contribution in [-0.4, -0.2) is 54.9 Å². The number of hydrogen-bond donors (Lipinski definition) is 1. The molecule has 1 saturated carbocycles. The van der Waals surface area contributed by atoms with Crippen molar-refractivity contribution in [1.29, 1.82) is 0 Å². The van der Waals surface area contributed by atoms with E-state index in [9.17, 15) is 8.42 Å². The van der Waals surface area contributed by atoms with Crippen molar-refractivity contribution in [2.75, 3.05) is 26.7 Å². The highest BCUT2D eigenvalue weighted by atomic mass is 32.2. The van der Waals surface area contributed by atoms with Crippen molar-refractivity contribution in [2.45, 2.75) is 51.0 Å². The van der Waals surface area contributed by atoms with Gasteiger partial charge in [-0.25, -0.2) is 0 Å². The van der Waals surface area contributed by atoms with Gasteiger partial charge in [0.2, 0.25) is 0 Å². The Morgan fingerprint density at radius 3 is 2.21 bits per heavy atom. The van der Waals surface area contributed by atoms with E-state index in [1.54, 1.807) is 15.7 Å². The van der Waals surface area contributed by atoms with E-state index in [1.807, 2.05) is 0 Å². The molecule has 0 aromatic heterocycles. The second-order valence-electron chi connectivity index (χ2n) is 5.84. The molecule has 2 rings (SSSR count). The van der Waals surface area contributed by atoms with Crippen molar-refractivity contribution in [3.8, 4) is 0 Å². The molecule has 6 heteroatoms. The third-order valence-electron chi connectivity index (χ3n) is 4.61. The van der Waals surface area contributed by atoms with E-state index < -0.39 is 10.2 Å². The van der Waals surface area contributed by atoms with Crippen molar-refractivity contribution in [3.63, 3.8) is 0 Å². The van der Waals surface area contributed by atoms with E-state index in [4.69, 9.17) is 5.11 Å². The van der Waals surface area contributed by atoms with E-state index in [1.165, 1.54) is 6.42 Å². The van der Waals surface area contributed by atoms with Crippen molar-refractivity contribution in [2.24, 2.45) is 5.92 Å². The zero-order valence-corrected chi connectivity index (χ0v) is 12.6. The number of nitrogens with zero attached hydrogens (tertiary/aromatic N) is 2. The molecule has 0 spiro atoms. The number of hydrogen-bond acceptors (Lipinski definition) is 3. The van der Waals surface area contributed by atoms with Gasteiger partial charge in [-0.15, -0.1) is 0 Å². The van der Waals surface area contributed by atoms with Crippen LogP contribution in [0, 0.1) is 5.92 Å². The lowest BCUT2D eigenvalue weighted by atomic mass is 9.96. The summed E-state index contributed by atoms with van der Waals surface area (Å²) in [5.74, 6) is 0.270. The van der Waals surface area contributed by atoms with Crippen LogP contribution >= 0.6 is 0 Å². The lowest BCUT2D eigenvalue weighted by molar-refractivity contribution is 0.163. The normalized spacial score (nSPS) is 25.0. The molecule has 5 nitrogen and oxygen atoms in total. The van der Waals surface area contributed by atoms with Gasteiger partial charge in [-0.1, -0.05) is 19.3 Å². The topological polar surface area (TPSA) is 60.9 Å². The molecular formula is C13H26N2O3S. The lowest BCUT2D eigenvalue weighted by Gasteiger charge is -2.37. The molecule has 19 heavy (non-hydrogen) atoms. The fraction of sp³-hybridized carbons (Fsp3) is 1.00. The fourth-order valence-electron chi connectivity index (χ4n) is 3.14. The number of piperidine rings is 1. The average molecular weight is 290 g/mol. The summed E-state index contributed by atoms with van der Waals surface area (Å²) < 4.78 is 28.3. The van der Waals surface area contributed by atoms with E-state index in [0.717, 1.165) is 38.5 Å². The molecule has 0 radical (unpaired) electrons. The zero-order chi connectivity index (χ0) is 13.9. The molecule has 1 saturated heterocycles. The number of aliphatic hydroxyl groups is 1. The van der Waals surface area contributed by atoms with Gasteiger partial charge in [-0.2, -0.15) is 17.0 Å². The summed E-state index contributed by atoms with van der Waals surface area (Å²) >= 11 is 0. The maximum atomic E-state index is 12.6. The minimum Gasteiger partial charge on any atom is -0.396 e. The molecular weight excluding hydrogens is 264 g/mol. The largest absolute Gasteiger partial charge is 0.396 e. The summed E-state index contributed by atoms with van der Waals surface area (Å²) in [6, 6.07) is 0.175. The van der Waals surface area contributed by atoms with Crippen LogP contribution in [-0.2, 0) is 10.2 Å². The van der Waals surface area contributed by atoms with Gasteiger partial charge in [0.25, 0.3) is 10.2 Å². The van der Waals surface area contributed by atoms with Gasteiger partial charge in [-0.3, -0.25) is 0 Å². The first-order chi connectivity index (χ1) is 9.05. The predicted octanol–water partition coefficient (Wildman–Crippen LogP) is 1.20. The molecule has 1 heterocycles. The van der Waals surface area contributed by atoms with Crippen LogP contribution in [0.1, 0.15) is 44.9 Å². The van der Waals surface area contributed by atoms with Crippen LogP contribution in [0.25, 0.3) is 0 Å². The molecule has 2 fully saturated rings. The quantitative estimate of drug-likeness (QED) is 0.846. The third kappa shape index (κ3) is 3.48. The van der Waals surface area contributed by atoms with Crippen LogP contribution in [0.15, 0.2) is 0 Å². The Bertz CT molecular complexity index is 371. The Labute approximate surface area is 116 Å². The molecule has 1 aliphatic carbocycles. The first-order valence-electron chi connectivity index (χ1n) is 7.39. The molecule has 2 aliphatic rings. The summed E-state index contributed by atoms with van der Waals surface area (Å²) in [5.41, 5.74) is 0. The Hall–Kier alpha value is -0.170. The number of rotatable bonds is 4. The summed E-state index contributed by atoms with van der Waals surface area (Å²) in [4.78, 5) is 0. The Balaban J connectivity index is 1.97. The van der Waals surface area contributed by atoms with Crippen molar-refractivity contribution in [1.82, 2.24) is 8.61 Å². The predicted molar refractivity (Wildman–Crippen MR) is 74.9 cm³/mol. The molecule has 0 atom stereocenters. The molecule has 0 amide bonds. The van der Waals surface area contributed by atoms with Crippen LogP contribution in [0.5, 0.6) is 0 Å². The fourth-order valence-corrected chi connectivity index (χ4v) is 4.76. The molecule has 0 aromatic rings. The smallest absolute Gasteiger partial charge is 0.281 e. The summed E-state index contributed by atoms with van der Waals surface area (Å²) in [7, 11) is -1.58. The van der Waals surface area contributed by atoms with Crippen LogP contribution in [0.4, 0.5) is 0 Å². The maximum absolute atomic E-state index is 12.6. The van der Waals surface area contributed by atoms with Gasteiger partial charge in [0.05, 0.1) is 0 Å². The van der Waals surface area contributed by atoms with Gasteiger partial charge >= 0.3 is 0 Å². The van der Waals surface area contributed by atoms with Gasteiger partial charge in [-0.05, 0) is 31.6 Å². The molecule has 0 aromatic carbocycles. The minimum atomic E-state index is -3.31. The van der Waals surface area contributed by atoms with Crippen molar-refractivity contribution in [3.05, 3.63) is 0 Å². The molecule has 0 unspecified atom stereocenters. The monoisotopic (exact) mass is 290 g/mol. The SMILES string of the molecule is CN(C1CCCCC1)S(=O)(=O)N1CCC(CO)CC1. The average Bonchev–Trinajstić information content (AvgIpc) is 2.47. The second kappa shape index (κ2) is 6.52. The number of aliphatic hydroxyl groups excluding tert-OH is 1. The highest BCUT2D eigenvalue weighted by Crippen LogP contribution is 2.26. The summed E-state index contributed by atoms with van der Waals surface area (Å²) in [6.45, 7) is 1.27. The van der Waals surface area contributed by atoms with E-state index >= 15 is 0 Å². The summed E-state index contributed by atoms with van der Waals surface area (Å²) in [6.07, 6.45) is 7.02. The van der Waals surface area contributed by atoms with E-state index in [2.05, 4.69) is 0 Å². The maximum Gasteiger partial charge on any atom is 0.281 e. The van der Waals surface area contributed by atoms with Gasteiger partial charge in [0.15, 0.2) is 0 Å². The van der Waals surface area contributed by atoms with Crippen molar-refractivity contribution >= 4 is 10.2 Å². The molecule has 1 aliphatic heterocycles. The van der Waals surface area contributed by atoms with E-state index in [-0.39, 0.29) is 18.6 Å². The lowest BCUT2D eigenvalue weighted by Crippen LogP contribution is -2.49.